The Morgan fingerprint density at radius 3 is 2.59 bits per heavy atom. The van der Waals surface area contributed by atoms with Crippen molar-refractivity contribution in [1.29, 1.82) is 0 Å². The Morgan fingerprint density at radius 2 is 2.18 bits per heavy atom. The van der Waals surface area contributed by atoms with Gasteiger partial charge in [-0.2, -0.15) is 0 Å². The molecule has 6 nitrogen and oxygen atoms in total. The molecule has 0 aliphatic carbocycles. The van der Waals surface area contributed by atoms with Crippen molar-refractivity contribution in [1.82, 2.24) is 14.7 Å². The van der Waals surface area contributed by atoms with Crippen LogP contribution in [0.4, 0.5) is 0 Å². The predicted molar refractivity (Wildman–Crippen MR) is 64.0 cm³/mol. The van der Waals surface area contributed by atoms with Gasteiger partial charge in [0, 0.05) is 6.42 Å². The highest BCUT2D eigenvalue weighted by molar-refractivity contribution is 7.89. The van der Waals surface area contributed by atoms with Crippen molar-refractivity contribution in [3.05, 3.63) is 12.0 Å². The molecule has 0 saturated carbocycles. The maximum Gasteiger partial charge on any atom is 0.258 e. The minimum Gasteiger partial charge on any atom is -0.391 e. The predicted octanol–water partition coefficient (Wildman–Crippen LogP) is 0.410. The zero-order chi connectivity index (χ0) is 13.3. The van der Waals surface area contributed by atoms with Gasteiger partial charge in [0.15, 0.2) is 5.03 Å². The number of aryl methyl sites for hydroxylation is 1. The number of aliphatic hydroxyl groups is 1. The van der Waals surface area contributed by atoms with E-state index >= 15 is 0 Å². The molecule has 1 rings (SSSR count). The maximum absolute atomic E-state index is 12.0. The number of aliphatic hydroxyl groups excluding tert-OH is 1. The van der Waals surface area contributed by atoms with Crippen LogP contribution >= 0.6 is 0 Å². The van der Waals surface area contributed by atoms with E-state index in [9.17, 15) is 13.5 Å². The molecule has 0 amide bonds. The van der Waals surface area contributed by atoms with Crippen LogP contribution in [0.15, 0.2) is 11.2 Å². The summed E-state index contributed by atoms with van der Waals surface area (Å²) in [5, 5.41) is 9.51. The summed E-state index contributed by atoms with van der Waals surface area (Å²) in [7, 11) is -3.68. The topological polar surface area (TPSA) is 95.1 Å². The SMILES string of the molecule is CCc1ncc(S(=O)(=O)NC(C)(C)C(C)O)[nH]1. The third-order valence-electron chi connectivity index (χ3n) is 2.67. The van der Waals surface area contributed by atoms with Gasteiger partial charge in [0.25, 0.3) is 10.0 Å². The van der Waals surface area contributed by atoms with Gasteiger partial charge >= 0.3 is 0 Å². The number of aromatic nitrogens is 2. The van der Waals surface area contributed by atoms with Gasteiger partial charge in [-0.3, -0.25) is 0 Å². The molecule has 0 fully saturated rings. The number of hydrogen-bond acceptors (Lipinski definition) is 4. The van der Waals surface area contributed by atoms with Crippen LogP contribution in [0, 0.1) is 0 Å². The van der Waals surface area contributed by atoms with E-state index in [1.54, 1.807) is 13.8 Å². The molecular formula is C10H19N3O3S. The summed E-state index contributed by atoms with van der Waals surface area (Å²) in [5.74, 6) is 0.611. The monoisotopic (exact) mass is 261 g/mol. The molecule has 0 radical (unpaired) electrons. The fourth-order valence-electron chi connectivity index (χ4n) is 1.15. The molecule has 0 aromatic carbocycles. The fourth-order valence-corrected chi connectivity index (χ4v) is 2.56. The van der Waals surface area contributed by atoms with Crippen molar-refractivity contribution in [2.75, 3.05) is 0 Å². The van der Waals surface area contributed by atoms with E-state index in [1.165, 1.54) is 13.1 Å². The van der Waals surface area contributed by atoms with Crippen LogP contribution in [0.1, 0.15) is 33.5 Å². The van der Waals surface area contributed by atoms with Gasteiger partial charge in [-0.1, -0.05) is 6.92 Å². The van der Waals surface area contributed by atoms with E-state index < -0.39 is 21.7 Å². The normalized spacial score (nSPS) is 14.9. The van der Waals surface area contributed by atoms with Gasteiger partial charge in [0.1, 0.15) is 5.82 Å². The summed E-state index contributed by atoms with van der Waals surface area (Å²) in [4.78, 5) is 6.66. The third kappa shape index (κ3) is 3.27. The van der Waals surface area contributed by atoms with E-state index in [2.05, 4.69) is 14.7 Å². The second-order valence-electron chi connectivity index (χ2n) is 4.55. The number of hydrogen-bond donors (Lipinski definition) is 3. The summed E-state index contributed by atoms with van der Waals surface area (Å²) in [5.41, 5.74) is -0.934. The molecule has 0 aliphatic rings. The molecule has 1 unspecified atom stereocenters. The summed E-state index contributed by atoms with van der Waals surface area (Å²) in [6.45, 7) is 6.65. The van der Waals surface area contributed by atoms with Crippen molar-refractivity contribution >= 4 is 10.0 Å². The average molecular weight is 261 g/mol. The van der Waals surface area contributed by atoms with Crippen LogP contribution in [0.2, 0.25) is 0 Å². The van der Waals surface area contributed by atoms with Crippen molar-refractivity contribution in [3.8, 4) is 0 Å². The first-order valence-corrected chi connectivity index (χ1v) is 6.93. The van der Waals surface area contributed by atoms with Crippen LogP contribution in [0.25, 0.3) is 0 Å². The van der Waals surface area contributed by atoms with Crippen LogP contribution in [0.5, 0.6) is 0 Å². The summed E-state index contributed by atoms with van der Waals surface area (Å²) in [6, 6.07) is 0. The Balaban J connectivity index is 2.97. The van der Waals surface area contributed by atoms with Crippen LogP contribution in [-0.4, -0.2) is 35.1 Å². The van der Waals surface area contributed by atoms with E-state index in [0.29, 0.717) is 12.2 Å². The van der Waals surface area contributed by atoms with Crippen molar-refractivity contribution in [3.63, 3.8) is 0 Å². The molecule has 0 saturated heterocycles. The van der Waals surface area contributed by atoms with Crippen LogP contribution < -0.4 is 4.72 Å². The van der Waals surface area contributed by atoms with Crippen molar-refractivity contribution in [2.24, 2.45) is 0 Å². The maximum atomic E-state index is 12.0. The minimum atomic E-state index is -3.68. The highest BCUT2D eigenvalue weighted by Gasteiger charge is 2.31. The Morgan fingerprint density at radius 1 is 1.59 bits per heavy atom. The van der Waals surface area contributed by atoms with E-state index in [-0.39, 0.29) is 5.03 Å². The summed E-state index contributed by atoms with van der Waals surface area (Å²) in [6.07, 6.45) is 1.11. The van der Waals surface area contributed by atoms with Crippen LogP contribution in [0.3, 0.4) is 0 Å². The van der Waals surface area contributed by atoms with Gasteiger partial charge in [0.05, 0.1) is 17.8 Å². The second kappa shape index (κ2) is 4.75. The van der Waals surface area contributed by atoms with Gasteiger partial charge in [-0.25, -0.2) is 18.1 Å². The van der Waals surface area contributed by atoms with Crippen molar-refractivity contribution < 1.29 is 13.5 Å². The molecule has 17 heavy (non-hydrogen) atoms. The first-order valence-electron chi connectivity index (χ1n) is 5.45. The summed E-state index contributed by atoms with van der Waals surface area (Å²) < 4.78 is 26.4. The summed E-state index contributed by atoms with van der Waals surface area (Å²) >= 11 is 0. The standard InChI is InChI=1S/C10H19N3O3S/c1-5-8-11-6-9(12-8)17(15,16)13-10(3,4)7(2)14/h6-7,13-14H,5H2,1-4H3,(H,11,12). The minimum absolute atomic E-state index is 0.0167. The number of rotatable bonds is 5. The second-order valence-corrected chi connectivity index (χ2v) is 6.20. The number of nitrogens with one attached hydrogen (secondary N) is 2. The molecule has 0 aliphatic heterocycles. The lowest BCUT2D eigenvalue weighted by molar-refractivity contribution is 0.111. The van der Waals surface area contributed by atoms with Gasteiger partial charge in [-0.05, 0) is 20.8 Å². The molecule has 98 valence electrons. The molecule has 1 aromatic heterocycles. The molecule has 1 atom stereocenters. The number of H-pyrrole nitrogens is 1. The first kappa shape index (κ1) is 14.1. The Bertz CT molecular complexity index is 477. The van der Waals surface area contributed by atoms with Gasteiger partial charge < -0.3 is 10.1 Å². The quantitative estimate of drug-likeness (QED) is 0.715. The molecule has 1 aromatic rings. The number of aromatic amines is 1. The number of nitrogens with zero attached hydrogens (tertiary/aromatic N) is 1. The first-order chi connectivity index (χ1) is 7.69. The van der Waals surface area contributed by atoms with Gasteiger partial charge in [0.2, 0.25) is 0 Å². The van der Waals surface area contributed by atoms with E-state index in [0.717, 1.165) is 0 Å². The molecule has 7 heteroatoms. The lowest BCUT2D eigenvalue weighted by atomic mass is 10.0. The Kier molecular flexibility index (Phi) is 3.95. The Labute approximate surface area is 102 Å². The van der Waals surface area contributed by atoms with E-state index in [1.807, 2.05) is 6.92 Å². The largest absolute Gasteiger partial charge is 0.391 e. The molecular weight excluding hydrogens is 242 g/mol. The van der Waals surface area contributed by atoms with Gasteiger partial charge in [-0.15, -0.1) is 0 Å². The molecule has 3 N–H and O–H groups in total. The lowest BCUT2D eigenvalue weighted by Crippen LogP contribution is -2.50. The number of sulfonamides is 1. The smallest absolute Gasteiger partial charge is 0.258 e. The number of imidazole rings is 1. The average Bonchev–Trinajstić information content (AvgIpc) is 2.64. The highest BCUT2D eigenvalue weighted by atomic mass is 32.2. The zero-order valence-electron chi connectivity index (χ0n) is 10.5. The molecule has 0 bridgehead atoms. The van der Waals surface area contributed by atoms with E-state index in [4.69, 9.17) is 0 Å². The van der Waals surface area contributed by atoms with Crippen molar-refractivity contribution in [2.45, 2.75) is 50.8 Å². The molecule has 1 heterocycles. The third-order valence-corrected chi connectivity index (χ3v) is 4.25. The lowest BCUT2D eigenvalue weighted by Gasteiger charge is -2.28. The van der Waals surface area contributed by atoms with Crippen LogP contribution in [-0.2, 0) is 16.4 Å². The molecule has 0 spiro atoms. The zero-order valence-corrected chi connectivity index (χ0v) is 11.3. The Hall–Kier alpha value is -0.920. The fraction of sp³-hybridized carbons (Fsp3) is 0.700. The highest BCUT2D eigenvalue weighted by Crippen LogP contribution is 2.14.